The van der Waals surface area contributed by atoms with E-state index in [4.69, 9.17) is 9.40 Å². The third-order valence-electron chi connectivity index (χ3n) is 6.04. The molecule has 0 fully saturated rings. The first-order valence-electron chi connectivity index (χ1n) is 11.0. The van der Waals surface area contributed by atoms with Crippen molar-refractivity contribution in [2.24, 2.45) is 5.92 Å². The minimum Gasteiger partial charge on any atom is -0.467 e. The lowest BCUT2D eigenvalue weighted by Gasteiger charge is -2.18. The van der Waals surface area contributed by atoms with Gasteiger partial charge in [-0.25, -0.2) is 4.98 Å². The Labute approximate surface area is 200 Å². The third-order valence-corrected chi connectivity index (χ3v) is 8.11. The van der Waals surface area contributed by atoms with Crippen molar-refractivity contribution in [3.8, 4) is 5.69 Å². The van der Waals surface area contributed by atoms with E-state index in [1.165, 1.54) is 22.2 Å². The topological polar surface area (TPSA) is 68.3 Å². The van der Waals surface area contributed by atoms with E-state index in [2.05, 4.69) is 6.92 Å². The summed E-state index contributed by atoms with van der Waals surface area (Å²) in [5, 5.41) is 1.29. The molecule has 0 radical (unpaired) electrons. The van der Waals surface area contributed by atoms with Crippen LogP contribution in [-0.2, 0) is 24.2 Å². The molecule has 5 rings (SSSR count). The number of hydrogen-bond donors (Lipinski definition) is 0. The van der Waals surface area contributed by atoms with E-state index >= 15 is 0 Å². The standard InChI is InChI=1S/C25H25N3O3S2/c1-16-10-11-19-20(13-16)33-23-22(19)24(30)28(17-7-4-3-5-8-17)25(26-23)32-15-21(29)27(2)14-18-9-6-12-31-18/h3-9,12,16H,10-11,13-15H2,1-2H3. The molecule has 33 heavy (non-hydrogen) atoms. The van der Waals surface area contributed by atoms with Gasteiger partial charge in [-0.1, -0.05) is 36.9 Å². The SMILES string of the molecule is CC1CCc2c(sc3nc(SCC(=O)N(C)Cc4ccco4)n(-c4ccccc4)c(=O)c23)C1. The zero-order chi connectivity index (χ0) is 22.9. The first kappa shape index (κ1) is 22.0. The molecule has 0 saturated heterocycles. The predicted molar refractivity (Wildman–Crippen MR) is 132 cm³/mol. The van der Waals surface area contributed by atoms with Crippen molar-refractivity contribution in [1.82, 2.24) is 14.5 Å². The molecular weight excluding hydrogens is 454 g/mol. The van der Waals surface area contributed by atoms with Crippen molar-refractivity contribution in [3.05, 3.63) is 75.3 Å². The minimum atomic E-state index is -0.0512. The second kappa shape index (κ2) is 9.19. The highest BCUT2D eigenvalue weighted by Crippen LogP contribution is 2.37. The van der Waals surface area contributed by atoms with Crippen LogP contribution in [0.4, 0.5) is 0 Å². The van der Waals surface area contributed by atoms with Crippen LogP contribution in [0.25, 0.3) is 15.9 Å². The molecule has 1 aliphatic carbocycles. The lowest BCUT2D eigenvalue weighted by molar-refractivity contribution is -0.127. The highest BCUT2D eigenvalue weighted by Gasteiger charge is 2.25. The number of hydrogen-bond acceptors (Lipinski definition) is 6. The molecular formula is C25H25N3O3S2. The molecule has 0 spiro atoms. The Morgan fingerprint density at radius 1 is 1.27 bits per heavy atom. The number of benzene rings is 1. The second-order valence-electron chi connectivity index (χ2n) is 8.52. The van der Waals surface area contributed by atoms with Crippen LogP contribution in [-0.4, -0.2) is 33.2 Å². The van der Waals surface area contributed by atoms with Gasteiger partial charge in [-0.3, -0.25) is 14.2 Å². The Morgan fingerprint density at radius 2 is 2.09 bits per heavy atom. The van der Waals surface area contributed by atoms with Crippen LogP contribution in [0.2, 0.25) is 0 Å². The van der Waals surface area contributed by atoms with Gasteiger partial charge in [0, 0.05) is 11.9 Å². The van der Waals surface area contributed by atoms with Crippen LogP contribution in [0.1, 0.15) is 29.5 Å². The van der Waals surface area contributed by atoms with Gasteiger partial charge in [0.1, 0.15) is 10.6 Å². The van der Waals surface area contributed by atoms with Gasteiger partial charge in [0.15, 0.2) is 5.16 Å². The van der Waals surface area contributed by atoms with Gasteiger partial charge in [0.2, 0.25) is 5.91 Å². The molecule has 3 heterocycles. The zero-order valence-electron chi connectivity index (χ0n) is 18.6. The normalized spacial score (nSPS) is 15.5. The monoisotopic (exact) mass is 479 g/mol. The summed E-state index contributed by atoms with van der Waals surface area (Å²) < 4.78 is 7.01. The molecule has 1 unspecified atom stereocenters. The molecule has 0 bridgehead atoms. The zero-order valence-corrected chi connectivity index (χ0v) is 20.2. The maximum atomic E-state index is 13.8. The number of aryl methyl sites for hydroxylation is 1. The van der Waals surface area contributed by atoms with E-state index in [9.17, 15) is 9.59 Å². The average Bonchev–Trinajstić information content (AvgIpc) is 3.45. The summed E-state index contributed by atoms with van der Waals surface area (Å²) in [6, 6.07) is 13.2. The molecule has 8 heteroatoms. The molecule has 4 aromatic rings. The number of rotatable bonds is 6. The fourth-order valence-corrected chi connectivity index (χ4v) is 6.61. The summed E-state index contributed by atoms with van der Waals surface area (Å²) in [4.78, 5) is 35.1. The highest BCUT2D eigenvalue weighted by molar-refractivity contribution is 7.99. The maximum absolute atomic E-state index is 13.8. The van der Waals surface area contributed by atoms with E-state index in [-0.39, 0.29) is 17.2 Å². The van der Waals surface area contributed by atoms with Crippen LogP contribution in [0.15, 0.2) is 63.1 Å². The Kier molecular flexibility index (Phi) is 6.12. The third kappa shape index (κ3) is 4.37. The van der Waals surface area contributed by atoms with E-state index < -0.39 is 0 Å². The fraction of sp³-hybridized carbons (Fsp3) is 0.320. The van der Waals surface area contributed by atoms with E-state index in [1.54, 1.807) is 34.1 Å². The lowest BCUT2D eigenvalue weighted by Crippen LogP contribution is -2.28. The number of carbonyl (C=O) groups is 1. The molecule has 0 N–H and O–H groups in total. The summed E-state index contributed by atoms with van der Waals surface area (Å²) in [5.41, 5.74) is 1.89. The van der Waals surface area contributed by atoms with Crippen molar-refractivity contribution in [2.45, 2.75) is 37.9 Å². The Balaban J connectivity index is 1.50. The number of fused-ring (bicyclic) bond motifs is 3. The van der Waals surface area contributed by atoms with Crippen molar-refractivity contribution in [2.75, 3.05) is 12.8 Å². The van der Waals surface area contributed by atoms with Gasteiger partial charge >= 0.3 is 0 Å². The summed E-state index contributed by atoms with van der Waals surface area (Å²) in [7, 11) is 1.75. The molecule has 3 aromatic heterocycles. The van der Waals surface area contributed by atoms with E-state index in [0.29, 0.717) is 17.6 Å². The number of furan rings is 1. The van der Waals surface area contributed by atoms with Crippen LogP contribution in [0.5, 0.6) is 0 Å². The van der Waals surface area contributed by atoms with Gasteiger partial charge < -0.3 is 9.32 Å². The first-order chi connectivity index (χ1) is 16.0. The quantitative estimate of drug-likeness (QED) is 0.290. The smallest absolute Gasteiger partial charge is 0.267 e. The number of thiophene rings is 1. The van der Waals surface area contributed by atoms with E-state index in [1.807, 2.05) is 42.5 Å². The lowest BCUT2D eigenvalue weighted by atomic mass is 9.89. The number of carbonyl (C=O) groups excluding carboxylic acids is 1. The van der Waals surface area contributed by atoms with Gasteiger partial charge in [-0.15, -0.1) is 11.3 Å². The molecule has 0 saturated carbocycles. The Bertz CT molecular complexity index is 1340. The van der Waals surface area contributed by atoms with Crippen molar-refractivity contribution in [3.63, 3.8) is 0 Å². The number of para-hydroxylation sites is 1. The predicted octanol–water partition coefficient (Wildman–Crippen LogP) is 4.92. The maximum Gasteiger partial charge on any atom is 0.267 e. The number of aromatic nitrogens is 2. The Hall–Kier alpha value is -2.84. The van der Waals surface area contributed by atoms with Gasteiger partial charge in [0.25, 0.3) is 5.56 Å². The summed E-state index contributed by atoms with van der Waals surface area (Å²) in [6.45, 7) is 2.66. The molecule has 1 amide bonds. The summed E-state index contributed by atoms with van der Waals surface area (Å²) >= 11 is 2.94. The van der Waals surface area contributed by atoms with Gasteiger partial charge in [-0.05, 0) is 55.0 Å². The largest absolute Gasteiger partial charge is 0.467 e. The summed E-state index contributed by atoms with van der Waals surface area (Å²) in [5.74, 6) is 1.49. The molecule has 1 aromatic carbocycles. The highest BCUT2D eigenvalue weighted by atomic mass is 32.2. The van der Waals surface area contributed by atoms with Crippen molar-refractivity contribution in [1.29, 1.82) is 0 Å². The average molecular weight is 480 g/mol. The number of nitrogens with zero attached hydrogens (tertiary/aromatic N) is 3. The second-order valence-corrected chi connectivity index (χ2v) is 10.5. The minimum absolute atomic E-state index is 0.0443. The van der Waals surface area contributed by atoms with Crippen molar-refractivity contribution < 1.29 is 9.21 Å². The van der Waals surface area contributed by atoms with Crippen molar-refractivity contribution >= 4 is 39.2 Å². The van der Waals surface area contributed by atoms with Gasteiger partial charge in [-0.2, -0.15) is 0 Å². The van der Waals surface area contributed by atoms with Gasteiger partial charge in [0.05, 0.1) is 29.6 Å². The molecule has 6 nitrogen and oxygen atoms in total. The van der Waals surface area contributed by atoms with Crippen LogP contribution in [0, 0.1) is 5.92 Å². The van der Waals surface area contributed by atoms with Crippen LogP contribution >= 0.6 is 23.1 Å². The Morgan fingerprint density at radius 3 is 2.85 bits per heavy atom. The molecule has 1 atom stereocenters. The molecule has 170 valence electrons. The molecule has 0 aliphatic heterocycles. The number of amides is 1. The van der Waals surface area contributed by atoms with E-state index in [0.717, 1.165) is 40.9 Å². The van der Waals surface area contributed by atoms with Crippen LogP contribution in [0.3, 0.4) is 0 Å². The first-order valence-corrected chi connectivity index (χ1v) is 12.8. The summed E-state index contributed by atoms with van der Waals surface area (Å²) in [6.07, 6.45) is 4.61. The van der Waals surface area contributed by atoms with Crippen LogP contribution < -0.4 is 5.56 Å². The number of thioether (sulfide) groups is 1. The molecule has 1 aliphatic rings. The fourth-order valence-electron chi connectivity index (χ4n) is 4.23.